The summed E-state index contributed by atoms with van der Waals surface area (Å²) in [6, 6.07) is 15.2. The van der Waals surface area contributed by atoms with E-state index < -0.39 is 0 Å². The molecular formula is C17H14Cl2N2O. The lowest BCUT2D eigenvalue weighted by Crippen LogP contribution is -2.15. The summed E-state index contributed by atoms with van der Waals surface area (Å²) >= 11 is 12.0. The molecule has 1 N–H and O–H groups in total. The predicted octanol–water partition coefficient (Wildman–Crippen LogP) is 4.37. The van der Waals surface area contributed by atoms with Gasteiger partial charge in [0.25, 0.3) is 0 Å². The number of H-pyrrole nitrogens is 1. The number of halogens is 2. The normalized spacial score (nSPS) is 10.9. The smallest absolute Gasteiger partial charge is 0.309 e. The summed E-state index contributed by atoms with van der Waals surface area (Å²) in [7, 11) is 0. The number of nitrogens with one attached hydrogen (secondary N) is 1. The van der Waals surface area contributed by atoms with E-state index in [2.05, 4.69) is 4.98 Å². The van der Waals surface area contributed by atoms with E-state index in [0.29, 0.717) is 22.2 Å². The SMILES string of the molecule is Cc1c(Cc2ccccc2)[nH]c(=O)n1-c1ccc(Cl)c(Cl)c1. The maximum atomic E-state index is 12.3. The molecule has 0 bridgehead atoms. The Labute approximate surface area is 138 Å². The summed E-state index contributed by atoms with van der Waals surface area (Å²) in [6.07, 6.45) is 0.677. The van der Waals surface area contributed by atoms with Crippen molar-refractivity contribution in [3.05, 3.63) is 86.0 Å². The minimum Gasteiger partial charge on any atom is -0.309 e. The minimum atomic E-state index is -0.179. The van der Waals surface area contributed by atoms with Gasteiger partial charge in [0, 0.05) is 17.8 Å². The predicted molar refractivity (Wildman–Crippen MR) is 90.4 cm³/mol. The molecule has 0 aliphatic heterocycles. The van der Waals surface area contributed by atoms with E-state index in [1.807, 2.05) is 37.3 Å². The Bertz CT molecular complexity index is 866. The summed E-state index contributed by atoms with van der Waals surface area (Å²) in [5.41, 5.74) is 3.43. The summed E-state index contributed by atoms with van der Waals surface area (Å²) in [6.45, 7) is 1.92. The molecule has 1 aromatic heterocycles. The second-order valence-electron chi connectivity index (χ2n) is 5.09. The highest BCUT2D eigenvalue weighted by Crippen LogP contribution is 2.25. The van der Waals surface area contributed by atoms with E-state index in [1.165, 1.54) is 0 Å². The van der Waals surface area contributed by atoms with Crippen LogP contribution in [0.2, 0.25) is 10.0 Å². The first-order valence-electron chi connectivity index (χ1n) is 6.86. The van der Waals surface area contributed by atoms with Gasteiger partial charge in [-0.3, -0.25) is 4.57 Å². The molecule has 0 aliphatic rings. The number of nitrogens with zero attached hydrogens (tertiary/aromatic N) is 1. The zero-order valence-corrected chi connectivity index (χ0v) is 13.4. The lowest BCUT2D eigenvalue weighted by Gasteiger charge is -2.07. The van der Waals surface area contributed by atoms with Crippen LogP contribution in [-0.4, -0.2) is 9.55 Å². The third-order valence-electron chi connectivity index (χ3n) is 3.62. The molecule has 22 heavy (non-hydrogen) atoms. The van der Waals surface area contributed by atoms with Gasteiger partial charge in [-0.25, -0.2) is 4.79 Å². The second kappa shape index (κ2) is 6.03. The van der Waals surface area contributed by atoms with Crippen LogP contribution in [0.4, 0.5) is 0 Å². The molecule has 3 rings (SSSR count). The van der Waals surface area contributed by atoms with Crippen molar-refractivity contribution in [2.75, 3.05) is 0 Å². The van der Waals surface area contributed by atoms with Crippen molar-refractivity contribution in [1.29, 1.82) is 0 Å². The van der Waals surface area contributed by atoms with Crippen LogP contribution in [0.3, 0.4) is 0 Å². The minimum absolute atomic E-state index is 0.179. The first-order valence-corrected chi connectivity index (χ1v) is 7.61. The van der Waals surface area contributed by atoms with Gasteiger partial charge in [-0.2, -0.15) is 0 Å². The molecule has 3 nitrogen and oxygen atoms in total. The van der Waals surface area contributed by atoms with Crippen molar-refractivity contribution in [2.24, 2.45) is 0 Å². The average Bonchev–Trinajstić information content (AvgIpc) is 2.78. The summed E-state index contributed by atoms with van der Waals surface area (Å²) in [5, 5.41) is 0.896. The fraction of sp³-hybridized carbons (Fsp3) is 0.118. The van der Waals surface area contributed by atoms with Crippen LogP contribution in [0.5, 0.6) is 0 Å². The molecule has 5 heteroatoms. The van der Waals surface area contributed by atoms with Gasteiger partial charge in [-0.05, 0) is 30.7 Å². The van der Waals surface area contributed by atoms with Crippen LogP contribution in [-0.2, 0) is 6.42 Å². The first kappa shape index (κ1) is 14.9. The lowest BCUT2D eigenvalue weighted by atomic mass is 10.1. The summed E-state index contributed by atoms with van der Waals surface area (Å²) in [5.74, 6) is 0. The number of hydrogen-bond donors (Lipinski definition) is 1. The zero-order valence-electron chi connectivity index (χ0n) is 11.9. The Morgan fingerprint density at radius 2 is 1.77 bits per heavy atom. The molecule has 0 aliphatic carbocycles. The maximum absolute atomic E-state index is 12.3. The zero-order chi connectivity index (χ0) is 15.7. The average molecular weight is 333 g/mol. The molecule has 3 aromatic rings. The molecular weight excluding hydrogens is 319 g/mol. The Morgan fingerprint density at radius 3 is 2.45 bits per heavy atom. The number of hydrogen-bond acceptors (Lipinski definition) is 1. The van der Waals surface area contributed by atoms with Crippen LogP contribution >= 0.6 is 23.2 Å². The van der Waals surface area contributed by atoms with Crippen LogP contribution in [0.1, 0.15) is 17.0 Å². The quantitative estimate of drug-likeness (QED) is 0.759. The number of aromatic nitrogens is 2. The first-order chi connectivity index (χ1) is 10.6. The molecule has 1 heterocycles. The highest BCUT2D eigenvalue weighted by Gasteiger charge is 2.13. The molecule has 2 aromatic carbocycles. The Balaban J connectivity index is 2.03. The largest absolute Gasteiger partial charge is 0.330 e. The van der Waals surface area contributed by atoms with Crippen molar-refractivity contribution in [1.82, 2.24) is 9.55 Å². The van der Waals surface area contributed by atoms with Gasteiger partial charge < -0.3 is 4.98 Å². The summed E-state index contributed by atoms with van der Waals surface area (Å²) in [4.78, 5) is 15.2. The Hall–Kier alpha value is -1.97. The molecule has 112 valence electrons. The standard InChI is InChI=1S/C17H14Cl2N2O/c1-11-16(9-12-5-3-2-4-6-12)20-17(22)21(11)13-7-8-14(18)15(19)10-13/h2-8,10H,9H2,1H3,(H,20,22). The van der Waals surface area contributed by atoms with Gasteiger partial charge >= 0.3 is 5.69 Å². The van der Waals surface area contributed by atoms with Gasteiger partial charge in [0.2, 0.25) is 0 Å². The van der Waals surface area contributed by atoms with Gasteiger partial charge in [0.1, 0.15) is 0 Å². The van der Waals surface area contributed by atoms with Crippen molar-refractivity contribution >= 4 is 23.2 Å². The number of benzene rings is 2. The number of rotatable bonds is 3. The van der Waals surface area contributed by atoms with E-state index >= 15 is 0 Å². The van der Waals surface area contributed by atoms with E-state index in [0.717, 1.165) is 17.0 Å². The molecule has 0 spiro atoms. The van der Waals surface area contributed by atoms with Crippen LogP contribution in [0.25, 0.3) is 5.69 Å². The van der Waals surface area contributed by atoms with Crippen molar-refractivity contribution < 1.29 is 0 Å². The maximum Gasteiger partial charge on any atom is 0.330 e. The van der Waals surface area contributed by atoms with Gasteiger partial charge in [0.15, 0.2) is 0 Å². The van der Waals surface area contributed by atoms with Crippen LogP contribution in [0, 0.1) is 6.92 Å². The van der Waals surface area contributed by atoms with E-state index in [-0.39, 0.29) is 5.69 Å². The van der Waals surface area contributed by atoms with Gasteiger partial charge in [0.05, 0.1) is 15.7 Å². The third kappa shape index (κ3) is 2.82. The monoisotopic (exact) mass is 332 g/mol. The fourth-order valence-corrected chi connectivity index (χ4v) is 2.76. The third-order valence-corrected chi connectivity index (χ3v) is 4.36. The van der Waals surface area contributed by atoms with E-state index in [1.54, 1.807) is 22.8 Å². The molecule has 0 saturated heterocycles. The molecule has 0 unspecified atom stereocenters. The lowest BCUT2D eigenvalue weighted by molar-refractivity contribution is 0.948. The number of imidazole rings is 1. The molecule has 0 saturated carbocycles. The summed E-state index contributed by atoms with van der Waals surface area (Å²) < 4.78 is 1.61. The molecule has 0 atom stereocenters. The highest BCUT2D eigenvalue weighted by molar-refractivity contribution is 6.42. The van der Waals surface area contributed by atoms with Crippen LogP contribution in [0.15, 0.2) is 53.3 Å². The van der Waals surface area contributed by atoms with Crippen molar-refractivity contribution in [3.8, 4) is 5.69 Å². The van der Waals surface area contributed by atoms with Crippen molar-refractivity contribution in [2.45, 2.75) is 13.3 Å². The van der Waals surface area contributed by atoms with Crippen molar-refractivity contribution in [3.63, 3.8) is 0 Å². The molecule has 0 amide bonds. The number of aromatic amines is 1. The molecule has 0 fully saturated rings. The van der Waals surface area contributed by atoms with Gasteiger partial charge in [-0.1, -0.05) is 53.5 Å². The second-order valence-corrected chi connectivity index (χ2v) is 5.90. The van der Waals surface area contributed by atoms with Gasteiger partial charge in [-0.15, -0.1) is 0 Å². The highest BCUT2D eigenvalue weighted by atomic mass is 35.5. The Kier molecular flexibility index (Phi) is 4.10. The Morgan fingerprint density at radius 1 is 1.05 bits per heavy atom. The van der Waals surface area contributed by atoms with E-state index in [9.17, 15) is 4.79 Å². The fourth-order valence-electron chi connectivity index (χ4n) is 2.47. The van der Waals surface area contributed by atoms with Crippen LogP contribution < -0.4 is 5.69 Å². The topological polar surface area (TPSA) is 37.8 Å². The van der Waals surface area contributed by atoms with E-state index in [4.69, 9.17) is 23.2 Å². The molecule has 0 radical (unpaired) electrons.